The molecule has 80 valence electrons. The molecular formula is C14H16AlN. The summed E-state index contributed by atoms with van der Waals surface area (Å²) in [5.74, 6) is 2.20. The highest BCUT2D eigenvalue weighted by molar-refractivity contribution is 6.56. The number of rotatable bonds is 3. The zero-order chi connectivity index (χ0) is 11.4. The first kappa shape index (κ1) is 11.4. The normalized spacial score (nSPS) is 10.4. The summed E-state index contributed by atoms with van der Waals surface area (Å²) < 4.78 is 6.66. The van der Waals surface area contributed by atoms with Crippen LogP contribution in [-0.2, 0) is 0 Å². The van der Waals surface area contributed by atoms with Crippen molar-refractivity contribution >= 4 is 14.4 Å². The monoisotopic (exact) mass is 225 g/mol. The standard InChI is InChI=1S/C13H11.CH3.Al.H2N/c1-3-7-12(8-4-1)11-13-9-5-2-6-10-13;;;/h1-11H;1H3;;1H2/q;;+1;-1. The first-order valence-corrected chi connectivity index (χ1v) is 8.13. The molecule has 0 aliphatic carbocycles. The van der Waals surface area contributed by atoms with E-state index in [2.05, 4.69) is 54.3 Å². The molecule has 1 nitrogen and oxygen atoms in total. The molecule has 0 unspecified atom stereocenters. The van der Waals surface area contributed by atoms with Gasteiger partial charge < -0.3 is 4.72 Å². The molecular weight excluding hydrogens is 209 g/mol. The Balaban J connectivity index is 2.40. The zero-order valence-corrected chi connectivity index (χ0v) is 10.7. The Labute approximate surface area is 102 Å². The minimum absolute atomic E-state index is 0.419. The first-order valence-electron chi connectivity index (χ1n) is 5.64. The Bertz CT molecular complexity index is 386. The van der Waals surface area contributed by atoms with E-state index < -0.39 is 14.4 Å². The van der Waals surface area contributed by atoms with Crippen molar-refractivity contribution < 1.29 is 0 Å². The molecule has 0 bridgehead atoms. The third kappa shape index (κ3) is 2.54. The summed E-state index contributed by atoms with van der Waals surface area (Å²) in [5, 5.41) is 0. The highest BCUT2D eigenvalue weighted by atomic mass is 27.2. The van der Waals surface area contributed by atoms with Crippen LogP contribution in [0.4, 0.5) is 0 Å². The first-order chi connectivity index (χ1) is 7.79. The van der Waals surface area contributed by atoms with Gasteiger partial charge in [-0.05, 0) is 4.78 Å². The van der Waals surface area contributed by atoms with Gasteiger partial charge in [-0.2, -0.15) is 0 Å². The number of nitrogens with two attached hydrogens (primary N) is 1. The van der Waals surface area contributed by atoms with Crippen molar-refractivity contribution in [3.63, 3.8) is 0 Å². The fourth-order valence-electron chi connectivity index (χ4n) is 2.12. The van der Waals surface area contributed by atoms with E-state index in [1.54, 1.807) is 0 Å². The van der Waals surface area contributed by atoms with Gasteiger partial charge in [-0.3, -0.25) is 0 Å². The third-order valence-corrected chi connectivity index (χ3v) is 4.66. The second-order valence-electron chi connectivity index (χ2n) is 4.16. The van der Waals surface area contributed by atoms with Crippen LogP contribution >= 0.6 is 0 Å². The lowest BCUT2D eigenvalue weighted by atomic mass is 10.0. The quantitative estimate of drug-likeness (QED) is 0.798. The molecule has 0 amide bonds. The van der Waals surface area contributed by atoms with Crippen LogP contribution in [0.15, 0.2) is 60.7 Å². The Morgan fingerprint density at radius 2 is 1.19 bits per heavy atom. The van der Waals surface area contributed by atoms with Crippen molar-refractivity contribution in [2.45, 2.75) is 10.6 Å². The molecule has 0 saturated heterocycles. The second-order valence-corrected chi connectivity index (χ2v) is 6.54. The second kappa shape index (κ2) is 5.32. The predicted molar refractivity (Wildman–Crippen MR) is 70.5 cm³/mol. The maximum absolute atomic E-state index is 6.24. The van der Waals surface area contributed by atoms with Gasteiger partial charge in [0.2, 0.25) is 0 Å². The molecule has 16 heavy (non-hydrogen) atoms. The van der Waals surface area contributed by atoms with E-state index in [4.69, 9.17) is 4.72 Å². The Morgan fingerprint density at radius 3 is 1.50 bits per heavy atom. The van der Waals surface area contributed by atoms with Gasteiger partial charge in [-0.25, -0.2) is 0 Å². The zero-order valence-electron chi connectivity index (χ0n) is 9.51. The molecule has 0 saturated carbocycles. The fourth-order valence-corrected chi connectivity index (χ4v) is 3.78. The maximum atomic E-state index is 6.24. The molecule has 0 spiro atoms. The largest absolute Gasteiger partial charge is 0.412 e. The van der Waals surface area contributed by atoms with Crippen LogP contribution in [-0.4, -0.2) is 14.4 Å². The number of hydrogen-bond acceptors (Lipinski definition) is 1. The molecule has 2 rings (SSSR count). The highest BCUT2D eigenvalue weighted by Crippen LogP contribution is 2.25. The SMILES string of the molecule is [CH3][Al]([NH2])[CH](c1ccccc1)c1ccccc1. The van der Waals surface area contributed by atoms with E-state index >= 15 is 0 Å². The minimum atomic E-state index is -1.24. The Hall–Kier alpha value is -1.07. The molecule has 0 aliphatic heterocycles. The van der Waals surface area contributed by atoms with Crippen molar-refractivity contribution in [1.82, 2.24) is 0 Å². The van der Waals surface area contributed by atoms with Crippen molar-refractivity contribution in [2.75, 3.05) is 0 Å². The lowest BCUT2D eigenvalue weighted by molar-refractivity contribution is 1.09. The van der Waals surface area contributed by atoms with E-state index in [-0.39, 0.29) is 0 Å². The van der Waals surface area contributed by atoms with Crippen LogP contribution in [0, 0.1) is 0 Å². The Morgan fingerprint density at radius 1 is 0.812 bits per heavy atom. The van der Waals surface area contributed by atoms with Crippen molar-refractivity contribution in [1.29, 1.82) is 0 Å². The van der Waals surface area contributed by atoms with E-state index in [1.165, 1.54) is 11.1 Å². The van der Waals surface area contributed by atoms with Crippen molar-refractivity contribution in [3.05, 3.63) is 71.8 Å². The van der Waals surface area contributed by atoms with Crippen LogP contribution in [0.1, 0.15) is 15.9 Å². The smallest absolute Gasteiger partial charge is 0.376 e. The molecule has 0 heterocycles. The highest BCUT2D eigenvalue weighted by Gasteiger charge is 2.23. The van der Waals surface area contributed by atoms with Gasteiger partial charge >= 0.3 is 14.4 Å². The maximum Gasteiger partial charge on any atom is 0.376 e. The fraction of sp³-hybridized carbons (Fsp3) is 0.143. The molecule has 2 aromatic carbocycles. The summed E-state index contributed by atoms with van der Waals surface area (Å²) in [4.78, 5) is 0. The van der Waals surface area contributed by atoms with E-state index in [0.29, 0.717) is 4.78 Å². The average molecular weight is 225 g/mol. The summed E-state index contributed by atoms with van der Waals surface area (Å²) in [6.45, 7) is 0. The van der Waals surface area contributed by atoms with Gasteiger partial charge in [-0.1, -0.05) is 77.6 Å². The van der Waals surface area contributed by atoms with Gasteiger partial charge in [0.05, 0.1) is 0 Å². The summed E-state index contributed by atoms with van der Waals surface area (Å²) in [5.41, 5.74) is 2.69. The summed E-state index contributed by atoms with van der Waals surface area (Å²) in [6.07, 6.45) is 0. The van der Waals surface area contributed by atoms with Crippen LogP contribution in [0.25, 0.3) is 0 Å². The van der Waals surface area contributed by atoms with Crippen LogP contribution in [0.5, 0.6) is 0 Å². The molecule has 2 aromatic rings. The van der Waals surface area contributed by atoms with Crippen LogP contribution in [0.3, 0.4) is 0 Å². The van der Waals surface area contributed by atoms with Gasteiger partial charge in [-0.15, -0.1) is 0 Å². The molecule has 0 fully saturated rings. The van der Waals surface area contributed by atoms with Gasteiger partial charge in [0.25, 0.3) is 0 Å². The predicted octanol–water partition coefficient (Wildman–Crippen LogP) is 2.94. The summed E-state index contributed by atoms with van der Waals surface area (Å²) >= 11 is -1.24. The summed E-state index contributed by atoms with van der Waals surface area (Å²) in [6, 6.07) is 21.1. The average Bonchev–Trinajstić information content (AvgIpc) is 2.31. The topological polar surface area (TPSA) is 26.0 Å². The molecule has 0 aliphatic rings. The van der Waals surface area contributed by atoms with E-state index in [1.807, 2.05) is 12.1 Å². The lowest BCUT2D eigenvalue weighted by Gasteiger charge is -2.18. The molecule has 0 aromatic heterocycles. The van der Waals surface area contributed by atoms with Crippen LogP contribution < -0.4 is 4.72 Å². The lowest BCUT2D eigenvalue weighted by Crippen LogP contribution is -2.31. The summed E-state index contributed by atoms with van der Waals surface area (Å²) in [7, 11) is 0. The molecule has 0 radical (unpaired) electrons. The van der Waals surface area contributed by atoms with E-state index in [0.717, 1.165) is 0 Å². The number of hydrogen-bond donors (Lipinski definition) is 1. The van der Waals surface area contributed by atoms with Crippen molar-refractivity contribution in [3.8, 4) is 0 Å². The molecule has 2 N–H and O–H groups in total. The van der Waals surface area contributed by atoms with Gasteiger partial charge in [0.1, 0.15) is 0 Å². The van der Waals surface area contributed by atoms with Crippen LogP contribution in [0.2, 0.25) is 5.79 Å². The van der Waals surface area contributed by atoms with Gasteiger partial charge in [0.15, 0.2) is 0 Å². The molecule has 2 heteroatoms. The van der Waals surface area contributed by atoms with Crippen molar-refractivity contribution in [2.24, 2.45) is 4.72 Å². The van der Waals surface area contributed by atoms with Gasteiger partial charge in [0, 0.05) is 0 Å². The minimum Gasteiger partial charge on any atom is -0.412 e. The Kier molecular flexibility index (Phi) is 3.80. The number of benzene rings is 2. The third-order valence-electron chi connectivity index (χ3n) is 2.84. The molecule has 0 atom stereocenters. The van der Waals surface area contributed by atoms with E-state index in [9.17, 15) is 0 Å².